The van der Waals surface area contributed by atoms with Gasteiger partial charge in [-0.05, 0) is 29.3 Å². The van der Waals surface area contributed by atoms with Gasteiger partial charge in [-0.25, -0.2) is 4.79 Å². The Labute approximate surface area is 156 Å². The van der Waals surface area contributed by atoms with E-state index in [9.17, 15) is 14.4 Å². The van der Waals surface area contributed by atoms with Crippen LogP contribution in [0.2, 0.25) is 5.02 Å². The first-order valence-electron chi connectivity index (χ1n) is 7.96. The van der Waals surface area contributed by atoms with Crippen LogP contribution >= 0.6 is 11.6 Å². The maximum atomic E-state index is 12.0. The molecule has 0 spiro atoms. The zero-order chi connectivity index (χ0) is 18.9. The highest BCUT2D eigenvalue weighted by Crippen LogP contribution is 2.14. The third kappa shape index (κ3) is 6.22. The summed E-state index contributed by atoms with van der Waals surface area (Å²) in [5.74, 6) is -1.14. The first-order valence-corrected chi connectivity index (χ1v) is 8.34. The fourth-order valence-corrected chi connectivity index (χ4v) is 2.29. The minimum atomic E-state index is -0.594. The molecule has 6 nitrogen and oxygen atoms in total. The Bertz CT molecular complexity index is 790. The number of hydrogen-bond donors (Lipinski definition) is 2. The Kier molecular flexibility index (Phi) is 7.17. The summed E-state index contributed by atoms with van der Waals surface area (Å²) in [7, 11) is 0. The molecule has 2 amide bonds. The summed E-state index contributed by atoms with van der Waals surface area (Å²) in [6.45, 7) is 1.70. The zero-order valence-corrected chi connectivity index (χ0v) is 15.0. The largest absolute Gasteiger partial charge is 0.452 e. The van der Waals surface area contributed by atoms with Gasteiger partial charge in [-0.2, -0.15) is 0 Å². The second-order valence-corrected chi connectivity index (χ2v) is 5.96. The lowest BCUT2D eigenvalue weighted by atomic mass is 10.1. The van der Waals surface area contributed by atoms with Gasteiger partial charge in [0.15, 0.2) is 6.61 Å². The molecule has 0 heterocycles. The molecular weight excluding hydrogens is 356 g/mol. The number of carbonyl (C=O) groups excluding carboxylic acids is 3. The van der Waals surface area contributed by atoms with Crippen molar-refractivity contribution in [2.24, 2.45) is 0 Å². The van der Waals surface area contributed by atoms with E-state index < -0.39 is 11.9 Å². The van der Waals surface area contributed by atoms with Gasteiger partial charge in [0.25, 0.3) is 5.91 Å². The molecule has 0 aliphatic rings. The van der Waals surface area contributed by atoms with E-state index >= 15 is 0 Å². The van der Waals surface area contributed by atoms with E-state index in [1.54, 1.807) is 42.5 Å². The van der Waals surface area contributed by atoms with E-state index in [1.807, 2.05) is 6.07 Å². The number of nitrogens with one attached hydrogen (secondary N) is 2. The lowest BCUT2D eigenvalue weighted by molar-refractivity contribution is -0.124. The molecule has 0 aromatic heterocycles. The van der Waals surface area contributed by atoms with Gasteiger partial charge in [-0.15, -0.1) is 0 Å². The van der Waals surface area contributed by atoms with Crippen LogP contribution in [-0.4, -0.2) is 24.4 Å². The van der Waals surface area contributed by atoms with Crippen molar-refractivity contribution in [1.82, 2.24) is 10.6 Å². The molecule has 0 aliphatic carbocycles. The van der Waals surface area contributed by atoms with Crippen LogP contribution in [0.5, 0.6) is 0 Å². The monoisotopic (exact) mass is 374 g/mol. The summed E-state index contributed by atoms with van der Waals surface area (Å²) in [5, 5.41) is 5.87. The highest BCUT2D eigenvalue weighted by atomic mass is 35.5. The number of amides is 2. The van der Waals surface area contributed by atoms with Gasteiger partial charge in [0.1, 0.15) is 0 Å². The number of halogens is 1. The van der Waals surface area contributed by atoms with Crippen molar-refractivity contribution in [3.63, 3.8) is 0 Å². The topological polar surface area (TPSA) is 84.5 Å². The van der Waals surface area contributed by atoms with Crippen molar-refractivity contribution in [2.75, 3.05) is 6.61 Å². The highest BCUT2D eigenvalue weighted by molar-refractivity contribution is 6.31. The standard InChI is InChI=1S/C19H19ClN2O4/c1-13(23)21-10-14-6-8-15(9-7-14)19(25)26-12-18(24)22-11-16-4-2-3-5-17(16)20/h2-9H,10-12H2,1H3,(H,21,23)(H,22,24). The third-order valence-corrected chi connectivity index (χ3v) is 3.87. The van der Waals surface area contributed by atoms with Crippen LogP contribution < -0.4 is 10.6 Å². The molecule has 0 aliphatic heterocycles. The Hall–Kier alpha value is -2.86. The van der Waals surface area contributed by atoms with Crippen molar-refractivity contribution in [3.8, 4) is 0 Å². The molecule has 7 heteroatoms. The van der Waals surface area contributed by atoms with Crippen LogP contribution in [0.3, 0.4) is 0 Å². The smallest absolute Gasteiger partial charge is 0.338 e. The molecule has 0 unspecified atom stereocenters. The average Bonchev–Trinajstić information content (AvgIpc) is 2.64. The van der Waals surface area contributed by atoms with Gasteiger partial charge in [0.05, 0.1) is 5.56 Å². The first kappa shape index (κ1) is 19.5. The van der Waals surface area contributed by atoms with Gasteiger partial charge in [-0.3, -0.25) is 9.59 Å². The molecule has 2 aromatic rings. The summed E-state index contributed by atoms with van der Waals surface area (Å²) < 4.78 is 4.99. The molecule has 2 rings (SSSR count). The first-order chi connectivity index (χ1) is 12.5. The number of carbonyl (C=O) groups is 3. The molecular formula is C19H19ClN2O4. The van der Waals surface area contributed by atoms with Gasteiger partial charge in [0.2, 0.25) is 5.91 Å². The van der Waals surface area contributed by atoms with Crippen LogP contribution in [0.4, 0.5) is 0 Å². The number of benzene rings is 2. The Morgan fingerprint density at radius 1 is 0.962 bits per heavy atom. The fourth-order valence-electron chi connectivity index (χ4n) is 2.09. The van der Waals surface area contributed by atoms with Crippen molar-refractivity contribution < 1.29 is 19.1 Å². The fraction of sp³-hybridized carbons (Fsp3) is 0.211. The van der Waals surface area contributed by atoms with E-state index in [2.05, 4.69) is 10.6 Å². The average molecular weight is 375 g/mol. The Balaban J connectivity index is 1.77. The molecule has 0 bridgehead atoms. The third-order valence-electron chi connectivity index (χ3n) is 3.50. The highest BCUT2D eigenvalue weighted by Gasteiger charge is 2.10. The molecule has 2 aromatic carbocycles. The Morgan fingerprint density at radius 3 is 2.31 bits per heavy atom. The normalized spacial score (nSPS) is 10.1. The summed E-state index contributed by atoms with van der Waals surface area (Å²) in [6.07, 6.45) is 0. The number of ether oxygens (including phenoxy) is 1. The van der Waals surface area contributed by atoms with Crippen molar-refractivity contribution in [3.05, 3.63) is 70.2 Å². The van der Waals surface area contributed by atoms with E-state index in [1.165, 1.54) is 6.92 Å². The maximum Gasteiger partial charge on any atom is 0.338 e. The minimum Gasteiger partial charge on any atom is -0.452 e. The second-order valence-electron chi connectivity index (χ2n) is 5.55. The summed E-state index contributed by atoms with van der Waals surface area (Å²) >= 11 is 6.01. The summed E-state index contributed by atoms with van der Waals surface area (Å²) in [6, 6.07) is 13.8. The SMILES string of the molecule is CC(=O)NCc1ccc(C(=O)OCC(=O)NCc2ccccc2Cl)cc1. The van der Waals surface area contributed by atoms with E-state index in [4.69, 9.17) is 16.3 Å². The second kappa shape index (κ2) is 9.58. The minimum absolute atomic E-state index is 0.128. The maximum absolute atomic E-state index is 12.0. The van der Waals surface area contributed by atoms with Crippen LogP contribution in [0.1, 0.15) is 28.4 Å². The van der Waals surface area contributed by atoms with Crippen molar-refractivity contribution >= 4 is 29.4 Å². The lowest BCUT2D eigenvalue weighted by Crippen LogP contribution is -2.28. The van der Waals surface area contributed by atoms with E-state index in [-0.39, 0.29) is 19.1 Å². The number of hydrogen-bond acceptors (Lipinski definition) is 4. The number of esters is 1. The van der Waals surface area contributed by atoms with Crippen LogP contribution in [0.25, 0.3) is 0 Å². The lowest BCUT2D eigenvalue weighted by Gasteiger charge is -2.08. The molecule has 136 valence electrons. The molecule has 2 N–H and O–H groups in total. The molecule has 0 saturated carbocycles. The van der Waals surface area contributed by atoms with Gasteiger partial charge in [-0.1, -0.05) is 41.9 Å². The summed E-state index contributed by atoms with van der Waals surface area (Å²) in [4.78, 5) is 34.6. The van der Waals surface area contributed by atoms with Crippen molar-refractivity contribution in [1.29, 1.82) is 0 Å². The molecule has 0 saturated heterocycles. The molecule has 0 fully saturated rings. The number of rotatable bonds is 7. The zero-order valence-electron chi connectivity index (χ0n) is 14.3. The summed E-state index contributed by atoms with van der Waals surface area (Å²) in [5.41, 5.74) is 1.97. The van der Waals surface area contributed by atoms with Crippen molar-refractivity contribution in [2.45, 2.75) is 20.0 Å². The van der Waals surface area contributed by atoms with Gasteiger partial charge in [0, 0.05) is 25.0 Å². The molecule has 0 atom stereocenters. The Morgan fingerprint density at radius 2 is 1.65 bits per heavy atom. The van der Waals surface area contributed by atoms with Gasteiger partial charge >= 0.3 is 5.97 Å². The van der Waals surface area contributed by atoms with Crippen LogP contribution in [0.15, 0.2) is 48.5 Å². The van der Waals surface area contributed by atoms with Crippen LogP contribution in [0, 0.1) is 0 Å². The molecule has 0 radical (unpaired) electrons. The quantitative estimate of drug-likeness (QED) is 0.729. The van der Waals surface area contributed by atoms with E-state index in [0.717, 1.165) is 11.1 Å². The van der Waals surface area contributed by atoms with E-state index in [0.29, 0.717) is 17.1 Å². The van der Waals surface area contributed by atoms with Gasteiger partial charge < -0.3 is 15.4 Å². The molecule has 26 heavy (non-hydrogen) atoms. The van der Waals surface area contributed by atoms with Crippen LogP contribution in [-0.2, 0) is 27.4 Å². The predicted molar refractivity (Wildman–Crippen MR) is 97.5 cm³/mol. The predicted octanol–water partition coefficient (Wildman–Crippen LogP) is 2.45.